The topological polar surface area (TPSA) is 26.0 Å². The number of halogens is 1. The lowest BCUT2D eigenvalue weighted by Gasteiger charge is -1.96. The molecule has 0 saturated carbocycles. The fourth-order valence-corrected chi connectivity index (χ4v) is 1.31. The van der Waals surface area contributed by atoms with Crippen molar-refractivity contribution in [3.63, 3.8) is 0 Å². The van der Waals surface area contributed by atoms with E-state index >= 15 is 0 Å². The van der Waals surface area contributed by atoms with Crippen molar-refractivity contribution in [3.8, 4) is 11.3 Å². The highest BCUT2D eigenvalue weighted by atomic mass is 19.1. The molecular formula is C12H12FNO. The third kappa shape index (κ3) is 2.06. The molecular weight excluding hydrogens is 193 g/mol. The van der Waals surface area contributed by atoms with Crippen LogP contribution in [0.3, 0.4) is 0 Å². The lowest BCUT2D eigenvalue weighted by atomic mass is 10.2. The Morgan fingerprint density at radius 1 is 1.20 bits per heavy atom. The Bertz CT molecular complexity index is 445. The molecule has 2 nitrogen and oxygen atoms in total. The number of aromatic nitrogens is 1. The van der Waals surface area contributed by atoms with Gasteiger partial charge in [0.15, 0.2) is 5.89 Å². The van der Waals surface area contributed by atoms with Crippen molar-refractivity contribution in [1.29, 1.82) is 0 Å². The summed E-state index contributed by atoms with van der Waals surface area (Å²) in [5.74, 6) is 0.722. The van der Waals surface area contributed by atoms with E-state index in [-0.39, 0.29) is 11.7 Å². The van der Waals surface area contributed by atoms with Gasteiger partial charge in [-0.3, -0.25) is 0 Å². The van der Waals surface area contributed by atoms with Crippen LogP contribution in [-0.2, 0) is 0 Å². The quantitative estimate of drug-likeness (QED) is 0.748. The Balaban J connectivity index is 2.33. The smallest absolute Gasteiger partial charge is 0.197 e. The van der Waals surface area contributed by atoms with Crippen LogP contribution in [0, 0.1) is 5.82 Å². The fourth-order valence-electron chi connectivity index (χ4n) is 1.31. The Hall–Kier alpha value is -1.64. The average molecular weight is 205 g/mol. The first-order valence-electron chi connectivity index (χ1n) is 4.88. The molecule has 2 aromatic rings. The Kier molecular flexibility index (Phi) is 2.54. The SMILES string of the molecule is CC(C)c1nc(-c2ccc(F)cc2)co1. The number of oxazole rings is 1. The number of nitrogens with zero attached hydrogens (tertiary/aromatic N) is 1. The van der Waals surface area contributed by atoms with Crippen molar-refractivity contribution in [2.75, 3.05) is 0 Å². The molecule has 2 rings (SSSR count). The third-order valence-corrected chi connectivity index (χ3v) is 2.16. The number of hydrogen-bond donors (Lipinski definition) is 0. The molecule has 0 fully saturated rings. The van der Waals surface area contributed by atoms with Gasteiger partial charge < -0.3 is 4.42 Å². The zero-order valence-electron chi connectivity index (χ0n) is 8.70. The summed E-state index contributed by atoms with van der Waals surface area (Å²) in [6.45, 7) is 4.03. The summed E-state index contributed by atoms with van der Waals surface area (Å²) < 4.78 is 18.0. The van der Waals surface area contributed by atoms with Crippen LogP contribution in [0.15, 0.2) is 34.9 Å². The van der Waals surface area contributed by atoms with Gasteiger partial charge in [0, 0.05) is 11.5 Å². The Labute approximate surface area is 87.8 Å². The van der Waals surface area contributed by atoms with Gasteiger partial charge in [-0.25, -0.2) is 9.37 Å². The zero-order chi connectivity index (χ0) is 10.8. The number of rotatable bonds is 2. The van der Waals surface area contributed by atoms with Crippen LogP contribution in [0.25, 0.3) is 11.3 Å². The number of benzene rings is 1. The van der Waals surface area contributed by atoms with Gasteiger partial charge in [0.05, 0.1) is 0 Å². The predicted octanol–water partition coefficient (Wildman–Crippen LogP) is 3.60. The van der Waals surface area contributed by atoms with Gasteiger partial charge in [-0.1, -0.05) is 13.8 Å². The van der Waals surface area contributed by atoms with Gasteiger partial charge in [-0.2, -0.15) is 0 Å². The maximum Gasteiger partial charge on any atom is 0.197 e. The molecule has 0 aliphatic rings. The van der Waals surface area contributed by atoms with Gasteiger partial charge in [0.2, 0.25) is 0 Å². The van der Waals surface area contributed by atoms with E-state index < -0.39 is 0 Å². The van der Waals surface area contributed by atoms with E-state index in [1.54, 1.807) is 18.4 Å². The van der Waals surface area contributed by atoms with Crippen molar-refractivity contribution >= 4 is 0 Å². The highest BCUT2D eigenvalue weighted by molar-refractivity contribution is 5.57. The molecule has 0 spiro atoms. The Morgan fingerprint density at radius 3 is 2.40 bits per heavy atom. The minimum absolute atomic E-state index is 0.244. The second-order valence-corrected chi connectivity index (χ2v) is 3.73. The van der Waals surface area contributed by atoms with Crippen LogP contribution in [0.2, 0.25) is 0 Å². The summed E-state index contributed by atoms with van der Waals surface area (Å²) >= 11 is 0. The molecule has 0 radical (unpaired) electrons. The van der Waals surface area contributed by atoms with Crippen molar-refractivity contribution in [1.82, 2.24) is 4.98 Å². The van der Waals surface area contributed by atoms with Crippen LogP contribution in [-0.4, -0.2) is 4.98 Å². The molecule has 0 bridgehead atoms. The van der Waals surface area contributed by atoms with Crippen LogP contribution >= 0.6 is 0 Å². The minimum Gasteiger partial charge on any atom is -0.448 e. The summed E-state index contributed by atoms with van der Waals surface area (Å²) in [5.41, 5.74) is 1.62. The Morgan fingerprint density at radius 2 is 1.87 bits per heavy atom. The molecule has 1 aromatic carbocycles. The molecule has 0 aliphatic carbocycles. The molecule has 1 aromatic heterocycles. The first kappa shape index (κ1) is 9.90. The van der Waals surface area contributed by atoms with E-state index in [4.69, 9.17) is 4.42 Å². The molecule has 0 saturated heterocycles. The van der Waals surface area contributed by atoms with E-state index in [1.165, 1.54) is 12.1 Å². The van der Waals surface area contributed by atoms with E-state index in [2.05, 4.69) is 4.98 Å². The number of hydrogen-bond acceptors (Lipinski definition) is 2. The molecule has 78 valence electrons. The third-order valence-electron chi connectivity index (χ3n) is 2.16. The van der Waals surface area contributed by atoms with E-state index in [0.717, 1.165) is 11.3 Å². The van der Waals surface area contributed by atoms with E-state index in [1.807, 2.05) is 13.8 Å². The second-order valence-electron chi connectivity index (χ2n) is 3.73. The molecule has 1 heterocycles. The molecule has 0 amide bonds. The standard InChI is InChI=1S/C12H12FNO/c1-8(2)12-14-11(7-15-12)9-3-5-10(13)6-4-9/h3-8H,1-2H3. The average Bonchev–Trinajstić information content (AvgIpc) is 2.68. The molecule has 0 N–H and O–H groups in total. The minimum atomic E-state index is -0.244. The van der Waals surface area contributed by atoms with Gasteiger partial charge in [0.25, 0.3) is 0 Å². The highest BCUT2D eigenvalue weighted by Gasteiger charge is 2.08. The fraction of sp³-hybridized carbons (Fsp3) is 0.250. The molecule has 3 heteroatoms. The maximum absolute atomic E-state index is 12.7. The van der Waals surface area contributed by atoms with Crippen molar-refractivity contribution < 1.29 is 8.81 Å². The summed E-state index contributed by atoms with van der Waals surface area (Å²) in [6, 6.07) is 6.21. The van der Waals surface area contributed by atoms with Crippen molar-refractivity contribution in [2.24, 2.45) is 0 Å². The predicted molar refractivity (Wildman–Crippen MR) is 56.0 cm³/mol. The van der Waals surface area contributed by atoms with E-state index in [0.29, 0.717) is 5.89 Å². The summed E-state index contributed by atoms with van der Waals surface area (Å²) in [7, 11) is 0. The lowest BCUT2D eigenvalue weighted by Crippen LogP contribution is -1.86. The largest absolute Gasteiger partial charge is 0.448 e. The lowest BCUT2D eigenvalue weighted by molar-refractivity contribution is 0.471. The first-order chi connectivity index (χ1) is 7.16. The van der Waals surface area contributed by atoms with Gasteiger partial charge in [-0.15, -0.1) is 0 Å². The zero-order valence-corrected chi connectivity index (χ0v) is 8.70. The van der Waals surface area contributed by atoms with E-state index in [9.17, 15) is 4.39 Å². The monoisotopic (exact) mass is 205 g/mol. The second kappa shape index (κ2) is 3.85. The van der Waals surface area contributed by atoms with Gasteiger partial charge >= 0.3 is 0 Å². The summed E-state index contributed by atoms with van der Waals surface area (Å²) in [6.07, 6.45) is 1.60. The van der Waals surface area contributed by atoms with Crippen LogP contribution in [0.4, 0.5) is 4.39 Å². The van der Waals surface area contributed by atoms with Gasteiger partial charge in [0.1, 0.15) is 17.8 Å². The van der Waals surface area contributed by atoms with Crippen LogP contribution < -0.4 is 0 Å². The van der Waals surface area contributed by atoms with Crippen molar-refractivity contribution in [3.05, 3.63) is 42.2 Å². The first-order valence-corrected chi connectivity index (χ1v) is 4.88. The molecule has 15 heavy (non-hydrogen) atoms. The molecule has 0 aliphatic heterocycles. The van der Waals surface area contributed by atoms with Crippen molar-refractivity contribution in [2.45, 2.75) is 19.8 Å². The molecule has 0 unspecified atom stereocenters. The normalized spacial score (nSPS) is 10.9. The van der Waals surface area contributed by atoms with Crippen LogP contribution in [0.5, 0.6) is 0 Å². The van der Waals surface area contributed by atoms with Gasteiger partial charge in [-0.05, 0) is 24.3 Å². The summed E-state index contributed by atoms with van der Waals surface area (Å²) in [5, 5.41) is 0. The summed E-state index contributed by atoms with van der Waals surface area (Å²) in [4.78, 5) is 4.32. The highest BCUT2D eigenvalue weighted by Crippen LogP contribution is 2.22. The maximum atomic E-state index is 12.7. The molecule has 0 atom stereocenters. The van der Waals surface area contributed by atoms with Crippen LogP contribution in [0.1, 0.15) is 25.7 Å².